The molecule has 4 saturated heterocycles. The van der Waals surface area contributed by atoms with Gasteiger partial charge in [0.15, 0.2) is 0 Å². The molecule has 0 aromatic rings. The van der Waals surface area contributed by atoms with E-state index in [2.05, 4.69) is 0 Å². The molecule has 4 aliphatic heterocycles. The van der Waals surface area contributed by atoms with E-state index in [4.69, 9.17) is 56.8 Å². The third-order valence-electron chi connectivity index (χ3n) is 20.4. The topological polar surface area (TPSA) is 316 Å². The molecule has 0 N–H and O–H groups in total. The monoisotopic (exact) mass is 1430 g/mol. The molecule has 12 atom stereocenters. The molecule has 24 heteroatoms. The smallest absolute Gasteiger partial charge is 0.311 e. The number of carbonyl (C=O) groups is 12. The highest BCUT2D eigenvalue weighted by Gasteiger charge is 2.61. The van der Waals surface area contributed by atoms with Gasteiger partial charge in [0.05, 0.1) is 71.0 Å². The lowest BCUT2D eigenvalue weighted by Crippen LogP contribution is -2.54. The van der Waals surface area contributed by atoms with E-state index in [1.165, 1.54) is 0 Å². The Bertz CT molecular complexity index is 2710. The van der Waals surface area contributed by atoms with Crippen LogP contribution < -0.4 is 0 Å². The molecule has 584 valence electrons. The molecule has 8 bridgehead atoms. The fourth-order valence-electron chi connectivity index (χ4n) is 11.6. The molecule has 4 aliphatic carbocycles. The lowest BCUT2D eigenvalue weighted by atomic mass is 9.71. The summed E-state index contributed by atoms with van der Waals surface area (Å²) >= 11 is 0. The van der Waals surface area contributed by atoms with E-state index in [0.717, 1.165) is 0 Å². The Labute approximate surface area is 600 Å². The number of hydrogen-bond acceptors (Lipinski definition) is 24. The van der Waals surface area contributed by atoms with Crippen LogP contribution in [0.2, 0.25) is 0 Å². The average Bonchev–Trinajstić information content (AvgIpc) is 1.58. The highest BCUT2D eigenvalue weighted by Crippen LogP contribution is 2.51. The van der Waals surface area contributed by atoms with E-state index in [9.17, 15) is 57.5 Å². The van der Waals surface area contributed by atoms with E-state index < -0.39 is 74.0 Å². The van der Waals surface area contributed by atoms with Crippen molar-refractivity contribution in [3.63, 3.8) is 0 Å². The van der Waals surface area contributed by atoms with E-state index in [-0.39, 0.29) is 201 Å². The van der Waals surface area contributed by atoms with Gasteiger partial charge in [-0.3, -0.25) is 57.5 Å². The molecular weight excluding hydrogens is 1300 g/mol. The van der Waals surface area contributed by atoms with E-state index >= 15 is 0 Å². The van der Waals surface area contributed by atoms with Gasteiger partial charge in [0, 0.05) is 25.7 Å². The zero-order valence-electron chi connectivity index (χ0n) is 57.4. The van der Waals surface area contributed by atoms with Gasteiger partial charge in [0.25, 0.3) is 0 Å². The van der Waals surface area contributed by atoms with Crippen LogP contribution in [0.1, 0.15) is 299 Å². The molecule has 12 unspecified atom stereocenters. The van der Waals surface area contributed by atoms with Crippen LogP contribution >= 0.6 is 0 Å². The molecule has 0 aromatic heterocycles. The second kappa shape index (κ2) is 41.1. The fourth-order valence-corrected chi connectivity index (χ4v) is 11.6. The maximum Gasteiger partial charge on any atom is 0.311 e. The molecular formula is C76H136O24. The average molecular weight is 1430 g/mol. The lowest BCUT2D eigenvalue weighted by molar-refractivity contribution is -0.198. The molecule has 0 spiro atoms. The second-order valence-corrected chi connectivity index (χ2v) is 29.2. The summed E-state index contributed by atoms with van der Waals surface area (Å²) < 4.78 is 63.9. The third kappa shape index (κ3) is 25.9. The van der Waals surface area contributed by atoms with Crippen molar-refractivity contribution in [3.8, 4) is 0 Å². The van der Waals surface area contributed by atoms with Gasteiger partial charge in [0.1, 0.15) is 73.2 Å². The van der Waals surface area contributed by atoms with Gasteiger partial charge in [-0.2, -0.15) is 0 Å². The van der Waals surface area contributed by atoms with Gasteiger partial charge in [-0.25, -0.2) is 0 Å². The summed E-state index contributed by atoms with van der Waals surface area (Å²) in [4.78, 5) is 142. The Morgan fingerprint density at radius 1 is 0.420 bits per heavy atom. The molecule has 0 radical (unpaired) electrons. The maximum absolute atomic E-state index is 12.2. The van der Waals surface area contributed by atoms with E-state index in [0.29, 0.717) is 103 Å². The normalized spacial score (nSPS) is 27.4. The van der Waals surface area contributed by atoms with Crippen LogP contribution in [0.3, 0.4) is 0 Å². The number of fused-ring (bicyclic) bond motifs is 8. The van der Waals surface area contributed by atoms with Crippen LogP contribution in [0.15, 0.2) is 0 Å². The molecule has 4 heterocycles. The summed E-state index contributed by atoms with van der Waals surface area (Å²) in [6.07, 6.45) is 8.90. The second-order valence-electron chi connectivity index (χ2n) is 29.2. The quantitative estimate of drug-likeness (QED) is 0.0640. The summed E-state index contributed by atoms with van der Waals surface area (Å²) in [7, 11) is 0. The zero-order chi connectivity index (χ0) is 69.0. The SMILES string of the molecule is C.C.C.C.C.C.C.C.CCC(C)(C)C(=O)OCCC(=O)OC1(C)CCC2CC1(C)OC2=O.CCC(C)(C)C(=O)OCCC(=O)OC1(C)CCC2CC1OC2=O.CCC(C)(C)C(=O)OCCC(=O)OC1CCC2CC1(C)OC2=O.CCC(C)(C)C(=O)OCCC(=O)OC1CCC2CC1OC2=O. The number of rotatable bonds is 24. The fraction of sp³-hybridized carbons (Fsp3) is 0.842. The molecule has 100 heavy (non-hydrogen) atoms. The first-order valence-corrected chi connectivity index (χ1v) is 33.1. The maximum atomic E-state index is 12.2. The predicted molar refractivity (Wildman–Crippen MR) is 379 cm³/mol. The molecule has 0 aromatic carbocycles. The van der Waals surface area contributed by atoms with Crippen molar-refractivity contribution < 1.29 is 114 Å². The largest absolute Gasteiger partial charge is 0.465 e. The number of esters is 12. The minimum absolute atomic E-state index is 0. The van der Waals surface area contributed by atoms with Crippen molar-refractivity contribution in [2.24, 2.45) is 45.3 Å². The van der Waals surface area contributed by atoms with Crippen LogP contribution in [0.25, 0.3) is 0 Å². The van der Waals surface area contributed by atoms with Gasteiger partial charge in [-0.1, -0.05) is 87.1 Å². The van der Waals surface area contributed by atoms with Crippen molar-refractivity contribution >= 4 is 71.6 Å². The molecule has 0 amide bonds. The standard InChI is InChI=1S/C18H28O6.2C17H26O6.C16H24O6.8CH4/c1-6-16(2,3)15(21)22-10-8-13(19)23-17(4)9-7-12-11-18(17,5)24-14(12)20;1-5-16(2,3)15(20)21-9-7-13(18)23-17(4)8-6-11-10-12(17)22-14(11)19;1-5-16(2,3)15(20)21-9-8-13(18)22-12-7-6-11-10-17(12,4)23-14(11)19;1-4-16(2,3)15(19)20-8-7-13(17)21-11-6-5-10-9-12(11)22-14(10)18;;;;;;;;/h12H,6-11H2,1-5H3;2*11-12H,5-10H2,1-4H3;10-12H,4-9H2,1-3H3;8*1H4. The van der Waals surface area contributed by atoms with Crippen molar-refractivity contribution in [2.75, 3.05) is 26.4 Å². The number of ether oxygens (including phenoxy) is 12. The Morgan fingerprint density at radius 3 is 1.26 bits per heavy atom. The first-order chi connectivity index (χ1) is 42.7. The minimum atomic E-state index is -0.834. The molecule has 4 saturated carbocycles. The number of carbonyl (C=O) groups excluding carboxylic acids is 12. The van der Waals surface area contributed by atoms with Crippen molar-refractivity contribution in [2.45, 2.75) is 345 Å². The molecule has 8 aliphatic rings. The first-order valence-electron chi connectivity index (χ1n) is 33.1. The van der Waals surface area contributed by atoms with Crippen LogP contribution in [0, 0.1) is 45.3 Å². The van der Waals surface area contributed by atoms with Gasteiger partial charge in [-0.15, -0.1) is 0 Å². The summed E-state index contributed by atoms with van der Waals surface area (Å²) in [5, 5.41) is 0. The van der Waals surface area contributed by atoms with Gasteiger partial charge in [0.2, 0.25) is 0 Å². The van der Waals surface area contributed by atoms with Crippen LogP contribution in [-0.2, 0) is 114 Å². The Kier molecular flexibility index (Phi) is 41.1. The minimum Gasteiger partial charge on any atom is -0.465 e. The van der Waals surface area contributed by atoms with Gasteiger partial charge in [-0.05, 0) is 160 Å². The number of hydrogen-bond donors (Lipinski definition) is 0. The third-order valence-corrected chi connectivity index (χ3v) is 20.4. The Hall–Kier alpha value is -6.36. The van der Waals surface area contributed by atoms with Crippen molar-refractivity contribution in [1.82, 2.24) is 0 Å². The first kappa shape index (κ1) is 100. The van der Waals surface area contributed by atoms with E-state index in [1.807, 2.05) is 76.2 Å². The Morgan fingerprint density at radius 2 is 0.800 bits per heavy atom. The molecule has 24 nitrogen and oxygen atoms in total. The molecule has 8 fully saturated rings. The summed E-state index contributed by atoms with van der Waals surface area (Å²) in [5.41, 5.74) is -5.29. The highest BCUT2D eigenvalue weighted by atomic mass is 16.6. The molecule has 8 rings (SSSR count). The van der Waals surface area contributed by atoms with E-state index in [1.54, 1.807) is 34.6 Å². The summed E-state index contributed by atoms with van der Waals surface area (Å²) in [5.74, 6) is -3.98. The zero-order valence-corrected chi connectivity index (χ0v) is 57.4. The summed E-state index contributed by atoms with van der Waals surface area (Å²) in [6, 6.07) is 0. The van der Waals surface area contributed by atoms with Crippen LogP contribution in [0.4, 0.5) is 0 Å². The summed E-state index contributed by atoms with van der Waals surface area (Å²) in [6.45, 7) is 29.4. The van der Waals surface area contributed by atoms with Gasteiger partial charge >= 0.3 is 71.6 Å². The highest BCUT2D eigenvalue weighted by molar-refractivity contribution is 5.81. The Balaban J connectivity index is -0.000000599. The predicted octanol–water partition coefficient (Wildman–Crippen LogP) is 14.6. The van der Waals surface area contributed by atoms with Crippen LogP contribution in [0.5, 0.6) is 0 Å². The van der Waals surface area contributed by atoms with Gasteiger partial charge < -0.3 is 56.8 Å². The van der Waals surface area contributed by atoms with Crippen molar-refractivity contribution in [3.05, 3.63) is 0 Å². The lowest BCUT2D eigenvalue weighted by Gasteiger charge is -2.43. The van der Waals surface area contributed by atoms with Crippen molar-refractivity contribution in [1.29, 1.82) is 0 Å². The van der Waals surface area contributed by atoms with Crippen LogP contribution in [-0.4, -0.2) is 145 Å².